The molecule has 1 N–H and O–H groups in total. The van der Waals surface area contributed by atoms with E-state index in [0.29, 0.717) is 5.56 Å². The summed E-state index contributed by atoms with van der Waals surface area (Å²) >= 11 is 0. The van der Waals surface area contributed by atoms with Gasteiger partial charge < -0.3 is 0 Å². The van der Waals surface area contributed by atoms with Gasteiger partial charge in [-0.2, -0.15) is 0 Å². The van der Waals surface area contributed by atoms with Crippen molar-refractivity contribution in [3.63, 3.8) is 0 Å². The summed E-state index contributed by atoms with van der Waals surface area (Å²) in [4.78, 5) is 15.5. The van der Waals surface area contributed by atoms with Gasteiger partial charge in [0.25, 0.3) is 5.91 Å². The van der Waals surface area contributed by atoms with Gasteiger partial charge in [0.05, 0.1) is 5.56 Å². The Morgan fingerprint density at radius 2 is 2.21 bits per heavy atom. The second-order valence-corrected chi connectivity index (χ2v) is 3.38. The SMILES string of the molecule is O=C(NN1CCCC1)c1cccnc1. The normalized spacial score (nSPS) is 16.9. The van der Waals surface area contributed by atoms with Crippen LogP contribution in [0.5, 0.6) is 0 Å². The van der Waals surface area contributed by atoms with Gasteiger partial charge >= 0.3 is 0 Å². The summed E-state index contributed by atoms with van der Waals surface area (Å²) in [6.45, 7) is 1.90. The quantitative estimate of drug-likeness (QED) is 0.752. The highest BCUT2D eigenvalue weighted by Gasteiger charge is 2.14. The Kier molecular flexibility index (Phi) is 2.74. The third-order valence-electron chi connectivity index (χ3n) is 2.29. The molecule has 1 saturated heterocycles. The molecule has 4 nitrogen and oxygen atoms in total. The number of carbonyl (C=O) groups excluding carboxylic acids is 1. The van der Waals surface area contributed by atoms with Crippen LogP contribution in [0.1, 0.15) is 23.2 Å². The molecule has 1 aliphatic heterocycles. The molecule has 0 unspecified atom stereocenters. The van der Waals surface area contributed by atoms with Gasteiger partial charge in [-0.15, -0.1) is 0 Å². The Morgan fingerprint density at radius 3 is 2.86 bits per heavy atom. The maximum absolute atomic E-state index is 11.6. The second kappa shape index (κ2) is 4.19. The third kappa shape index (κ3) is 2.09. The minimum atomic E-state index is -0.0694. The lowest BCUT2D eigenvalue weighted by Gasteiger charge is -2.15. The molecule has 1 aromatic rings. The van der Waals surface area contributed by atoms with Gasteiger partial charge in [-0.3, -0.25) is 15.2 Å². The smallest absolute Gasteiger partial charge is 0.267 e. The van der Waals surface area contributed by atoms with Crippen molar-refractivity contribution < 1.29 is 4.79 Å². The predicted molar refractivity (Wildman–Crippen MR) is 52.5 cm³/mol. The van der Waals surface area contributed by atoms with Crippen LogP contribution in [0.25, 0.3) is 0 Å². The zero-order valence-corrected chi connectivity index (χ0v) is 7.94. The molecule has 4 heteroatoms. The highest BCUT2D eigenvalue weighted by molar-refractivity contribution is 5.93. The van der Waals surface area contributed by atoms with E-state index in [2.05, 4.69) is 10.4 Å². The lowest BCUT2D eigenvalue weighted by molar-refractivity contribution is 0.0825. The summed E-state index contributed by atoms with van der Waals surface area (Å²) in [7, 11) is 0. The van der Waals surface area contributed by atoms with Crippen LogP contribution in [0.4, 0.5) is 0 Å². The van der Waals surface area contributed by atoms with Crippen LogP contribution in [-0.2, 0) is 0 Å². The molecule has 0 aliphatic carbocycles. The van der Waals surface area contributed by atoms with E-state index >= 15 is 0 Å². The van der Waals surface area contributed by atoms with Crippen LogP contribution >= 0.6 is 0 Å². The van der Waals surface area contributed by atoms with Crippen molar-refractivity contribution in [3.8, 4) is 0 Å². The van der Waals surface area contributed by atoms with Gasteiger partial charge in [0.2, 0.25) is 0 Å². The van der Waals surface area contributed by atoms with E-state index < -0.39 is 0 Å². The van der Waals surface area contributed by atoms with Crippen molar-refractivity contribution in [2.24, 2.45) is 0 Å². The Bertz CT molecular complexity index is 306. The average Bonchev–Trinajstić information content (AvgIpc) is 2.72. The van der Waals surface area contributed by atoms with Crippen LogP contribution in [0.15, 0.2) is 24.5 Å². The summed E-state index contributed by atoms with van der Waals surface area (Å²) < 4.78 is 0. The third-order valence-corrected chi connectivity index (χ3v) is 2.29. The Balaban J connectivity index is 1.95. The number of carbonyl (C=O) groups is 1. The fraction of sp³-hybridized carbons (Fsp3) is 0.400. The van der Waals surface area contributed by atoms with E-state index in [-0.39, 0.29) is 5.91 Å². The largest absolute Gasteiger partial charge is 0.285 e. The van der Waals surface area contributed by atoms with Gasteiger partial charge in [0.15, 0.2) is 0 Å². The van der Waals surface area contributed by atoms with Crippen LogP contribution in [0, 0.1) is 0 Å². The number of pyridine rings is 1. The molecule has 1 amide bonds. The van der Waals surface area contributed by atoms with Crippen molar-refractivity contribution in [2.45, 2.75) is 12.8 Å². The lowest BCUT2D eigenvalue weighted by atomic mass is 10.3. The Labute approximate surface area is 82.9 Å². The first-order valence-electron chi connectivity index (χ1n) is 4.82. The number of hydrogen-bond donors (Lipinski definition) is 1. The molecular formula is C10H13N3O. The van der Waals surface area contributed by atoms with Crippen LogP contribution in [-0.4, -0.2) is 29.0 Å². The van der Waals surface area contributed by atoms with Crippen molar-refractivity contribution in [1.29, 1.82) is 0 Å². The minimum absolute atomic E-state index is 0.0694. The fourth-order valence-electron chi connectivity index (χ4n) is 1.53. The van der Waals surface area contributed by atoms with E-state index in [1.165, 1.54) is 0 Å². The van der Waals surface area contributed by atoms with Crippen molar-refractivity contribution in [1.82, 2.24) is 15.4 Å². The molecular weight excluding hydrogens is 178 g/mol. The summed E-state index contributed by atoms with van der Waals surface area (Å²) in [5.41, 5.74) is 3.46. The summed E-state index contributed by atoms with van der Waals surface area (Å²) in [6.07, 6.45) is 5.55. The maximum Gasteiger partial charge on any atom is 0.267 e. The number of aromatic nitrogens is 1. The summed E-state index contributed by atoms with van der Waals surface area (Å²) in [6, 6.07) is 3.53. The van der Waals surface area contributed by atoms with Crippen molar-refractivity contribution in [2.75, 3.05) is 13.1 Å². The van der Waals surface area contributed by atoms with Crippen molar-refractivity contribution in [3.05, 3.63) is 30.1 Å². The molecule has 0 aromatic carbocycles. The number of hydrazine groups is 1. The molecule has 74 valence electrons. The van der Waals surface area contributed by atoms with Crippen LogP contribution in [0.3, 0.4) is 0 Å². The zero-order valence-electron chi connectivity index (χ0n) is 7.94. The number of nitrogens with one attached hydrogen (secondary N) is 1. The van der Waals surface area contributed by atoms with E-state index in [0.717, 1.165) is 25.9 Å². The minimum Gasteiger partial charge on any atom is -0.285 e. The Morgan fingerprint density at radius 1 is 1.43 bits per heavy atom. The molecule has 14 heavy (non-hydrogen) atoms. The molecule has 0 bridgehead atoms. The monoisotopic (exact) mass is 191 g/mol. The zero-order chi connectivity index (χ0) is 9.80. The van der Waals surface area contributed by atoms with Gasteiger partial charge in [-0.1, -0.05) is 0 Å². The van der Waals surface area contributed by atoms with Gasteiger partial charge in [0.1, 0.15) is 0 Å². The van der Waals surface area contributed by atoms with Gasteiger partial charge in [-0.25, -0.2) is 5.01 Å². The Hall–Kier alpha value is -1.42. The molecule has 0 atom stereocenters. The number of rotatable bonds is 2. The fourth-order valence-corrected chi connectivity index (χ4v) is 1.53. The second-order valence-electron chi connectivity index (χ2n) is 3.38. The molecule has 2 rings (SSSR count). The van der Waals surface area contributed by atoms with Crippen molar-refractivity contribution >= 4 is 5.91 Å². The number of hydrogen-bond acceptors (Lipinski definition) is 3. The predicted octanol–water partition coefficient (Wildman–Crippen LogP) is 0.822. The lowest BCUT2D eigenvalue weighted by Crippen LogP contribution is -2.39. The first-order chi connectivity index (χ1) is 6.86. The maximum atomic E-state index is 11.6. The topological polar surface area (TPSA) is 45.2 Å². The standard InChI is InChI=1S/C10H13N3O/c14-10(9-4-3-5-11-8-9)12-13-6-1-2-7-13/h3-5,8H,1-2,6-7H2,(H,12,14). The molecule has 0 spiro atoms. The first-order valence-corrected chi connectivity index (χ1v) is 4.82. The summed E-state index contributed by atoms with van der Waals surface area (Å²) in [5.74, 6) is -0.0694. The average molecular weight is 191 g/mol. The highest BCUT2D eigenvalue weighted by Crippen LogP contribution is 2.05. The van der Waals surface area contributed by atoms with Crippen LogP contribution in [0.2, 0.25) is 0 Å². The van der Waals surface area contributed by atoms with E-state index in [1.54, 1.807) is 24.5 Å². The molecule has 1 aliphatic rings. The van der Waals surface area contributed by atoms with Gasteiger partial charge in [-0.05, 0) is 25.0 Å². The van der Waals surface area contributed by atoms with E-state index in [1.807, 2.05) is 5.01 Å². The van der Waals surface area contributed by atoms with E-state index in [9.17, 15) is 4.79 Å². The van der Waals surface area contributed by atoms with E-state index in [4.69, 9.17) is 0 Å². The number of nitrogens with zero attached hydrogens (tertiary/aromatic N) is 2. The molecule has 1 aromatic heterocycles. The first kappa shape index (κ1) is 9.15. The van der Waals surface area contributed by atoms with Crippen LogP contribution < -0.4 is 5.43 Å². The summed E-state index contributed by atoms with van der Waals surface area (Å²) in [5, 5.41) is 1.95. The molecule has 0 radical (unpaired) electrons. The van der Waals surface area contributed by atoms with Gasteiger partial charge in [0, 0.05) is 25.5 Å². The molecule has 2 heterocycles. The molecule has 1 fully saturated rings. The number of amides is 1. The molecule has 0 saturated carbocycles. The highest BCUT2D eigenvalue weighted by atomic mass is 16.2.